The molecule has 3 saturated heterocycles. The summed E-state index contributed by atoms with van der Waals surface area (Å²) in [6.45, 7) is 9.85. The van der Waals surface area contributed by atoms with Crippen molar-refractivity contribution in [2.75, 3.05) is 42.5 Å². The molecule has 3 fully saturated rings. The van der Waals surface area contributed by atoms with E-state index >= 15 is 0 Å². The predicted octanol–water partition coefficient (Wildman–Crippen LogP) is 4.43. The largest absolute Gasteiger partial charge is 0.444 e. The number of amides is 2. The first-order valence-electron chi connectivity index (χ1n) is 11.4. The van der Waals surface area contributed by atoms with Crippen LogP contribution in [-0.4, -0.2) is 55.2 Å². The lowest BCUT2D eigenvalue weighted by atomic mass is 9.71. The number of likely N-dealkylation sites (tertiary alicyclic amines) is 1. The zero-order valence-corrected chi connectivity index (χ0v) is 18.7. The summed E-state index contributed by atoms with van der Waals surface area (Å²) in [7, 11) is 0. The van der Waals surface area contributed by atoms with Crippen molar-refractivity contribution >= 4 is 23.4 Å². The molecule has 1 spiro atoms. The van der Waals surface area contributed by atoms with Gasteiger partial charge in [0.15, 0.2) is 0 Å². The molecule has 0 bridgehead atoms. The molecule has 0 atom stereocenters. The molecular weight excluding hydrogens is 378 g/mol. The summed E-state index contributed by atoms with van der Waals surface area (Å²) in [5.41, 5.74) is 1.41. The molecule has 1 aromatic rings. The maximum atomic E-state index is 13.5. The van der Waals surface area contributed by atoms with Crippen molar-refractivity contribution in [3.05, 3.63) is 24.3 Å². The molecule has 0 N–H and O–H groups in total. The van der Waals surface area contributed by atoms with Crippen molar-refractivity contribution in [3.8, 4) is 0 Å². The van der Waals surface area contributed by atoms with Gasteiger partial charge < -0.3 is 19.4 Å². The Bertz CT molecular complexity index is 770. The molecule has 6 nitrogen and oxygen atoms in total. The Morgan fingerprint density at radius 1 is 0.867 bits per heavy atom. The maximum absolute atomic E-state index is 13.5. The highest BCUT2D eigenvalue weighted by atomic mass is 16.6. The number of piperidine rings is 2. The molecule has 3 heterocycles. The first-order valence-corrected chi connectivity index (χ1v) is 11.4. The third kappa shape index (κ3) is 4.28. The van der Waals surface area contributed by atoms with Crippen LogP contribution in [0.15, 0.2) is 24.3 Å². The average molecular weight is 414 g/mol. The van der Waals surface area contributed by atoms with Gasteiger partial charge in [-0.3, -0.25) is 4.79 Å². The van der Waals surface area contributed by atoms with E-state index in [2.05, 4.69) is 29.2 Å². The number of rotatable bonds is 2. The fraction of sp³-hybridized carbons (Fsp3) is 0.667. The number of ether oxygens (including phenoxy) is 1. The van der Waals surface area contributed by atoms with Gasteiger partial charge in [-0.05, 0) is 83.6 Å². The number of carbonyl (C=O) groups is 2. The Labute approximate surface area is 180 Å². The van der Waals surface area contributed by atoms with Crippen molar-refractivity contribution < 1.29 is 14.3 Å². The third-order valence-electron chi connectivity index (χ3n) is 6.74. The van der Waals surface area contributed by atoms with Crippen LogP contribution in [0.4, 0.5) is 16.2 Å². The highest BCUT2D eigenvalue weighted by Gasteiger charge is 2.47. The van der Waals surface area contributed by atoms with E-state index in [-0.39, 0.29) is 17.4 Å². The summed E-state index contributed by atoms with van der Waals surface area (Å²) in [5.74, 6) is 0.228. The molecule has 0 radical (unpaired) electrons. The molecule has 4 rings (SSSR count). The van der Waals surface area contributed by atoms with Crippen LogP contribution >= 0.6 is 0 Å². The monoisotopic (exact) mass is 413 g/mol. The van der Waals surface area contributed by atoms with E-state index < -0.39 is 5.60 Å². The summed E-state index contributed by atoms with van der Waals surface area (Å²) in [6.07, 6.45) is 5.60. The number of carbonyl (C=O) groups excluding carboxylic acids is 2. The van der Waals surface area contributed by atoms with Crippen LogP contribution in [0.5, 0.6) is 0 Å². The Morgan fingerprint density at radius 2 is 1.47 bits per heavy atom. The normalized spacial score (nSPS) is 22.0. The third-order valence-corrected chi connectivity index (χ3v) is 6.74. The summed E-state index contributed by atoms with van der Waals surface area (Å²) in [5, 5.41) is 0. The number of nitrogens with zero attached hydrogens (tertiary/aromatic N) is 3. The molecule has 30 heavy (non-hydrogen) atoms. The van der Waals surface area contributed by atoms with Crippen LogP contribution in [0.25, 0.3) is 0 Å². The van der Waals surface area contributed by atoms with Gasteiger partial charge in [0.2, 0.25) is 5.91 Å². The van der Waals surface area contributed by atoms with Crippen LogP contribution in [0.3, 0.4) is 0 Å². The molecule has 0 aliphatic carbocycles. The highest BCUT2D eigenvalue weighted by molar-refractivity contribution is 5.98. The van der Waals surface area contributed by atoms with E-state index in [0.717, 1.165) is 38.2 Å². The minimum absolute atomic E-state index is 0.228. The van der Waals surface area contributed by atoms with Crippen molar-refractivity contribution in [1.82, 2.24) is 4.90 Å². The van der Waals surface area contributed by atoms with E-state index in [1.807, 2.05) is 25.7 Å². The Balaban J connectivity index is 1.41. The Kier molecular flexibility index (Phi) is 5.69. The molecule has 164 valence electrons. The predicted molar refractivity (Wildman–Crippen MR) is 119 cm³/mol. The summed E-state index contributed by atoms with van der Waals surface area (Å²) in [4.78, 5) is 32.1. The van der Waals surface area contributed by atoms with Crippen LogP contribution in [-0.2, 0) is 9.53 Å². The van der Waals surface area contributed by atoms with Crippen LogP contribution in [0.2, 0.25) is 0 Å². The Morgan fingerprint density at radius 3 is 2.07 bits per heavy atom. The number of anilines is 2. The number of benzene rings is 1. The maximum Gasteiger partial charge on any atom is 0.410 e. The van der Waals surface area contributed by atoms with Gasteiger partial charge in [-0.1, -0.05) is 0 Å². The van der Waals surface area contributed by atoms with Gasteiger partial charge in [0.1, 0.15) is 5.60 Å². The van der Waals surface area contributed by atoms with E-state index in [1.54, 1.807) is 4.90 Å². The lowest BCUT2D eigenvalue weighted by molar-refractivity contribution is -0.133. The van der Waals surface area contributed by atoms with Gasteiger partial charge in [-0.25, -0.2) is 4.79 Å². The highest BCUT2D eigenvalue weighted by Crippen LogP contribution is 2.42. The topological polar surface area (TPSA) is 53.1 Å². The van der Waals surface area contributed by atoms with Gasteiger partial charge in [-0.15, -0.1) is 0 Å². The van der Waals surface area contributed by atoms with E-state index in [4.69, 9.17) is 4.74 Å². The van der Waals surface area contributed by atoms with Gasteiger partial charge >= 0.3 is 6.09 Å². The van der Waals surface area contributed by atoms with Crippen molar-refractivity contribution in [3.63, 3.8) is 0 Å². The van der Waals surface area contributed by atoms with Crippen molar-refractivity contribution in [2.24, 2.45) is 5.41 Å². The first kappa shape index (κ1) is 21.0. The quantitative estimate of drug-likeness (QED) is 0.720. The molecule has 0 aromatic heterocycles. The molecule has 6 heteroatoms. The van der Waals surface area contributed by atoms with Crippen molar-refractivity contribution in [2.45, 2.75) is 64.9 Å². The fourth-order valence-corrected chi connectivity index (χ4v) is 5.04. The first-order chi connectivity index (χ1) is 14.3. The molecule has 2 amide bonds. The smallest absolute Gasteiger partial charge is 0.410 e. The second kappa shape index (κ2) is 8.12. The second-order valence-electron chi connectivity index (χ2n) is 10.0. The molecule has 1 aromatic carbocycles. The van der Waals surface area contributed by atoms with Gasteiger partial charge in [0.25, 0.3) is 0 Å². The minimum Gasteiger partial charge on any atom is -0.444 e. The molecule has 3 aliphatic rings. The summed E-state index contributed by atoms with van der Waals surface area (Å²) >= 11 is 0. The number of hydrogen-bond donors (Lipinski definition) is 0. The molecule has 3 aliphatic heterocycles. The lowest BCUT2D eigenvalue weighted by Gasteiger charge is -2.46. The minimum atomic E-state index is -0.495. The van der Waals surface area contributed by atoms with Gasteiger partial charge in [-0.2, -0.15) is 0 Å². The SMILES string of the molecule is CC(C)(C)OC(=O)N1CCC2(CCCN(c3ccc(N4CCCC4)cc3)C2=O)CC1. The second-order valence-corrected chi connectivity index (χ2v) is 10.0. The van der Waals surface area contributed by atoms with E-state index in [9.17, 15) is 9.59 Å². The van der Waals surface area contributed by atoms with Crippen LogP contribution < -0.4 is 9.80 Å². The average Bonchev–Trinajstić information content (AvgIpc) is 3.24. The van der Waals surface area contributed by atoms with E-state index in [0.29, 0.717) is 25.9 Å². The van der Waals surface area contributed by atoms with Crippen LogP contribution in [0.1, 0.15) is 59.3 Å². The zero-order valence-electron chi connectivity index (χ0n) is 18.7. The lowest BCUT2D eigenvalue weighted by Crippen LogP contribution is -2.55. The molecular formula is C24H35N3O3. The van der Waals surface area contributed by atoms with E-state index in [1.165, 1.54) is 18.5 Å². The summed E-state index contributed by atoms with van der Waals surface area (Å²) < 4.78 is 5.51. The van der Waals surface area contributed by atoms with Crippen LogP contribution in [0, 0.1) is 5.41 Å². The summed E-state index contributed by atoms with van der Waals surface area (Å²) in [6, 6.07) is 8.50. The number of hydrogen-bond acceptors (Lipinski definition) is 4. The standard InChI is InChI=1S/C24H35N3O3/c1-23(2,3)30-22(29)26-17-12-24(13-18-26)11-6-16-27(21(24)28)20-9-7-19(8-10-20)25-14-4-5-15-25/h7-10H,4-6,11-18H2,1-3H3. The van der Waals surface area contributed by atoms with Gasteiger partial charge in [0.05, 0.1) is 5.41 Å². The molecule has 0 saturated carbocycles. The molecule has 0 unspecified atom stereocenters. The Hall–Kier alpha value is -2.24. The zero-order chi connectivity index (χ0) is 21.4. The van der Waals surface area contributed by atoms with Crippen molar-refractivity contribution in [1.29, 1.82) is 0 Å². The fourth-order valence-electron chi connectivity index (χ4n) is 5.04. The van der Waals surface area contributed by atoms with Gasteiger partial charge in [0, 0.05) is 44.1 Å².